The zero-order valence-electron chi connectivity index (χ0n) is 20.4. The molecule has 0 aliphatic carbocycles. The van der Waals surface area contributed by atoms with Crippen LogP contribution in [0.1, 0.15) is 16.2 Å². The first-order valence-corrected chi connectivity index (χ1v) is 11.7. The first-order valence-electron chi connectivity index (χ1n) is 11.7. The molecule has 4 rings (SSSR count). The number of ether oxygens (including phenoxy) is 1. The second kappa shape index (κ2) is 11.9. The zero-order chi connectivity index (χ0) is 25.3. The molecule has 1 amide bonds. The maximum absolute atomic E-state index is 12.9. The van der Waals surface area contributed by atoms with Crippen molar-refractivity contribution >= 4 is 11.6 Å². The van der Waals surface area contributed by atoms with Gasteiger partial charge >= 0.3 is 0 Å². The van der Waals surface area contributed by atoms with Gasteiger partial charge in [-0.05, 0) is 35.9 Å². The van der Waals surface area contributed by atoms with E-state index in [0.717, 1.165) is 35.9 Å². The molecule has 36 heavy (non-hydrogen) atoms. The number of morpholine rings is 1. The van der Waals surface area contributed by atoms with E-state index in [1.165, 1.54) is 6.33 Å². The number of rotatable bonds is 10. The summed E-state index contributed by atoms with van der Waals surface area (Å²) in [6, 6.07) is 9.12. The second-order valence-corrected chi connectivity index (χ2v) is 8.13. The van der Waals surface area contributed by atoms with Gasteiger partial charge in [-0.1, -0.05) is 25.3 Å². The normalized spacial score (nSPS) is 14.1. The fourth-order valence-electron chi connectivity index (χ4n) is 3.93. The fourth-order valence-corrected chi connectivity index (χ4v) is 3.93. The molecule has 1 aliphatic heterocycles. The third-order valence-electron chi connectivity index (χ3n) is 5.91. The molecule has 10 heteroatoms. The Morgan fingerprint density at radius 2 is 2.00 bits per heavy atom. The molecule has 3 aromatic rings. The molecule has 1 saturated heterocycles. The van der Waals surface area contributed by atoms with Gasteiger partial charge in [-0.2, -0.15) is 0 Å². The fraction of sp³-hybridized carbons (Fsp3) is 0.269. The van der Waals surface area contributed by atoms with Crippen LogP contribution in [0.3, 0.4) is 0 Å². The Balaban J connectivity index is 1.39. The highest BCUT2D eigenvalue weighted by Gasteiger charge is 2.16. The molecule has 1 aliphatic rings. The quantitative estimate of drug-likeness (QED) is 0.421. The molecule has 0 atom stereocenters. The Labute approximate surface area is 210 Å². The SMILES string of the molecule is C=C/C(CNC(=O)c1cccc(NCc2nnc(-c3ccncn3)n2C)c1)=C(\C=C)N1CCOCC1. The summed E-state index contributed by atoms with van der Waals surface area (Å²) < 4.78 is 7.31. The summed E-state index contributed by atoms with van der Waals surface area (Å²) in [5.41, 5.74) is 3.93. The highest BCUT2D eigenvalue weighted by molar-refractivity contribution is 5.95. The summed E-state index contributed by atoms with van der Waals surface area (Å²) in [5.74, 6) is 1.22. The number of carbonyl (C=O) groups is 1. The van der Waals surface area contributed by atoms with Crippen molar-refractivity contribution in [3.63, 3.8) is 0 Å². The molecule has 0 saturated carbocycles. The third-order valence-corrected chi connectivity index (χ3v) is 5.91. The van der Waals surface area contributed by atoms with E-state index in [-0.39, 0.29) is 5.91 Å². The van der Waals surface area contributed by atoms with Crippen LogP contribution < -0.4 is 10.6 Å². The number of hydrogen-bond acceptors (Lipinski definition) is 8. The van der Waals surface area contributed by atoms with E-state index < -0.39 is 0 Å². The number of nitrogens with one attached hydrogen (secondary N) is 2. The van der Waals surface area contributed by atoms with Crippen LogP contribution in [-0.4, -0.2) is 68.4 Å². The van der Waals surface area contributed by atoms with Crippen molar-refractivity contribution in [1.29, 1.82) is 0 Å². The maximum Gasteiger partial charge on any atom is 0.251 e. The van der Waals surface area contributed by atoms with Crippen molar-refractivity contribution in [2.24, 2.45) is 7.05 Å². The van der Waals surface area contributed by atoms with E-state index in [0.29, 0.717) is 43.4 Å². The van der Waals surface area contributed by atoms with Gasteiger partial charge in [0.2, 0.25) is 0 Å². The maximum atomic E-state index is 12.9. The van der Waals surface area contributed by atoms with Crippen molar-refractivity contribution in [2.45, 2.75) is 6.54 Å². The van der Waals surface area contributed by atoms with Crippen molar-refractivity contribution in [3.05, 3.63) is 90.8 Å². The Morgan fingerprint density at radius 3 is 2.72 bits per heavy atom. The average Bonchev–Trinajstić information content (AvgIpc) is 3.30. The summed E-state index contributed by atoms with van der Waals surface area (Å²) in [4.78, 5) is 23.3. The van der Waals surface area contributed by atoms with Crippen molar-refractivity contribution in [3.8, 4) is 11.5 Å². The Kier molecular flexibility index (Phi) is 8.20. The van der Waals surface area contributed by atoms with Crippen LogP contribution in [0.5, 0.6) is 0 Å². The van der Waals surface area contributed by atoms with Crippen LogP contribution in [-0.2, 0) is 18.3 Å². The largest absolute Gasteiger partial charge is 0.378 e. The number of anilines is 1. The van der Waals surface area contributed by atoms with E-state index in [1.54, 1.807) is 24.4 Å². The summed E-state index contributed by atoms with van der Waals surface area (Å²) in [6.45, 7) is 11.6. The minimum atomic E-state index is -0.173. The van der Waals surface area contributed by atoms with E-state index in [2.05, 4.69) is 48.9 Å². The van der Waals surface area contributed by atoms with Gasteiger partial charge in [-0.25, -0.2) is 9.97 Å². The lowest BCUT2D eigenvalue weighted by Gasteiger charge is -2.31. The summed E-state index contributed by atoms with van der Waals surface area (Å²) in [5, 5.41) is 14.8. The zero-order valence-corrected chi connectivity index (χ0v) is 20.4. The molecule has 10 nitrogen and oxygen atoms in total. The predicted molar refractivity (Wildman–Crippen MR) is 138 cm³/mol. The average molecular weight is 487 g/mol. The van der Waals surface area contributed by atoms with E-state index in [4.69, 9.17) is 4.74 Å². The molecular formula is C26H30N8O2. The molecule has 0 radical (unpaired) electrons. The van der Waals surface area contributed by atoms with Gasteiger partial charge in [0, 0.05) is 49.8 Å². The number of amides is 1. The van der Waals surface area contributed by atoms with Gasteiger partial charge in [0.1, 0.15) is 12.0 Å². The number of aromatic nitrogens is 5. The van der Waals surface area contributed by atoms with Crippen LogP contribution in [0.25, 0.3) is 11.5 Å². The van der Waals surface area contributed by atoms with Crippen molar-refractivity contribution in [1.82, 2.24) is 34.9 Å². The molecule has 2 aromatic heterocycles. The molecule has 1 aromatic carbocycles. The number of allylic oxidation sites excluding steroid dienone is 1. The smallest absolute Gasteiger partial charge is 0.251 e. The highest BCUT2D eigenvalue weighted by atomic mass is 16.5. The minimum absolute atomic E-state index is 0.173. The number of hydrogen-bond donors (Lipinski definition) is 2. The lowest BCUT2D eigenvalue weighted by Crippen LogP contribution is -2.36. The number of nitrogens with zero attached hydrogens (tertiary/aromatic N) is 6. The van der Waals surface area contributed by atoms with E-state index in [1.807, 2.05) is 35.9 Å². The van der Waals surface area contributed by atoms with Crippen LogP contribution >= 0.6 is 0 Å². The standard InChI is InChI=1S/C26H30N8O2/c1-4-19(23(5-2)34-11-13-36-14-12-34)16-29-26(35)20-7-6-8-21(15-20)28-17-24-31-32-25(33(24)3)22-9-10-27-18-30-22/h4-10,15,18,28H,1-2,11-14,16-17H2,3H3,(H,29,35)/b23-19-. The highest BCUT2D eigenvalue weighted by Crippen LogP contribution is 2.17. The second-order valence-electron chi connectivity index (χ2n) is 8.13. The number of carbonyl (C=O) groups excluding carboxylic acids is 1. The van der Waals surface area contributed by atoms with E-state index in [9.17, 15) is 4.79 Å². The van der Waals surface area contributed by atoms with Gasteiger partial charge in [-0.15, -0.1) is 10.2 Å². The lowest BCUT2D eigenvalue weighted by molar-refractivity contribution is 0.0550. The molecule has 0 spiro atoms. The van der Waals surface area contributed by atoms with Crippen LogP contribution in [0, 0.1) is 0 Å². The van der Waals surface area contributed by atoms with Crippen LogP contribution in [0.15, 0.2) is 79.4 Å². The molecular weight excluding hydrogens is 456 g/mol. The number of benzene rings is 1. The van der Waals surface area contributed by atoms with Crippen molar-refractivity contribution in [2.75, 3.05) is 38.2 Å². The molecule has 3 heterocycles. The van der Waals surface area contributed by atoms with Gasteiger partial charge in [0.05, 0.1) is 19.8 Å². The molecule has 186 valence electrons. The van der Waals surface area contributed by atoms with Gasteiger partial charge in [0.25, 0.3) is 5.91 Å². The minimum Gasteiger partial charge on any atom is -0.378 e. The predicted octanol–water partition coefficient (Wildman–Crippen LogP) is 2.57. The monoisotopic (exact) mass is 486 g/mol. The summed E-state index contributed by atoms with van der Waals surface area (Å²) in [6.07, 6.45) is 6.72. The topological polar surface area (TPSA) is 110 Å². The van der Waals surface area contributed by atoms with Gasteiger partial charge in [-0.3, -0.25) is 4.79 Å². The molecule has 0 unspecified atom stereocenters. The third kappa shape index (κ3) is 5.84. The van der Waals surface area contributed by atoms with Crippen molar-refractivity contribution < 1.29 is 9.53 Å². The molecule has 2 N–H and O–H groups in total. The Hall–Kier alpha value is -4.31. The molecule has 1 fully saturated rings. The van der Waals surface area contributed by atoms with E-state index >= 15 is 0 Å². The summed E-state index contributed by atoms with van der Waals surface area (Å²) in [7, 11) is 1.89. The first-order chi connectivity index (χ1) is 17.6. The van der Waals surface area contributed by atoms with Gasteiger partial charge in [0.15, 0.2) is 11.6 Å². The molecule has 0 bridgehead atoms. The lowest BCUT2D eigenvalue weighted by atomic mass is 10.1. The summed E-state index contributed by atoms with van der Waals surface area (Å²) >= 11 is 0. The first kappa shape index (κ1) is 24.8. The Bertz CT molecular complexity index is 1250. The Morgan fingerprint density at radius 1 is 1.17 bits per heavy atom. The van der Waals surface area contributed by atoms with Crippen LogP contribution in [0.4, 0.5) is 5.69 Å². The van der Waals surface area contributed by atoms with Crippen LogP contribution in [0.2, 0.25) is 0 Å². The van der Waals surface area contributed by atoms with Gasteiger partial charge < -0.3 is 24.8 Å².